The lowest BCUT2D eigenvalue weighted by atomic mass is 10.0. The highest BCUT2D eigenvalue weighted by molar-refractivity contribution is 5.38. The molecule has 0 saturated carbocycles. The van der Waals surface area contributed by atoms with Crippen LogP contribution in [0, 0.1) is 6.92 Å². The van der Waals surface area contributed by atoms with Crippen molar-refractivity contribution in [3.63, 3.8) is 0 Å². The van der Waals surface area contributed by atoms with E-state index in [0.29, 0.717) is 5.92 Å². The van der Waals surface area contributed by atoms with E-state index in [4.69, 9.17) is 4.74 Å². The summed E-state index contributed by atoms with van der Waals surface area (Å²) in [6, 6.07) is 10.3. The fourth-order valence-electron chi connectivity index (χ4n) is 2.10. The number of ether oxygens (including phenoxy) is 1. The number of pyridine rings is 1. The molecule has 3 heteroatoms. The van der Waals surface area contributed by atoms with Crippen LogP contribution in [0.1, 0.15) is 43.5 Å². The molecule has 2 rings (SSSR count). The summed E-state index contributed by atoms with van der Waals surface area (Å²) in [6.07, 6.45) is 1.88. The quantitative estimate of drug-likeness (QED) is 0.853. The maximum atomic E-state index is 6.04. The lowest BCUT2D eigenvalue weighted by Crippen LogP contribution is -2.12. The molecule has 0 aliphatic rings. The minimum Gasteiger partial charge on any atom is -0.457 e. The minimum absolute atomic E-state index is 0.534. The second kappa shape index (κ2) is 7.23. The van der Waals surface area contributed by atoms with Crippen LogP contribution in [0.2, 0.25) is 0 Å². The highest BCUT2D eigenvalue weighted by Gasteiger charge is 2.07. The zero-order valence-corrected chi connectivity index (χ0v) is 13.3. The Bertz CT molecular complexity index is 576. The Morgan fingerprint density at radius 3 is 2.52 bits per heavy atom. The summed E-state index contributed by atoms with van der Waals surface area (Å²) in [5.41, 5.74) is 3.36. The summed E-state index contributed by atoms with van der Waals surface area (Å²) in [5.74, 6) is 2.27. The van der Waals surface area contributed by atoms with Crippen molar-refractivity contribution in [3.8, 4) is 11.5 Å². The van der Waals surface area contributed by atoms with E-state index < -0.39 is 0 Å². The van der Waals surface area contributed by atoms with Crippen molar-refractivity contribution in [1.82, 2.24) is 10.3 Å². The Balaban J connectivity index is 2.19. The van der Waals surface area contributed by atoms with Crippen molar-refractivity contribution in [2.75, 3.05) is 6.54 Å². The Morgan fingerprint density at radius 1 is 1.19 bits per heavy atom. The summed E-state index contributed by atoms with van der Waals surface area (Å²) >= 11 is 0. The first kappa shape index (κ1) is 15.5. The van der Waals surface area contributed by atoms with Crippen molar-refractivity contribution in [2.45, 2.75) is 40.2 Å². The largest absolute Gasteiger partial charge is 0.457 e. The van der Waals surface area contributed by atoms with Crippen LogP contribution in [0.3, 0.4) is 0 Å². The predicted octanol–water partition coefficient (Wildman–Crippen LogP) is 4.42. The fraction of sp³-hybridized carbons (Fsp3) is 0.389. The Labute approximate surface area is 127 Å². The highest BCUT2D eigenvalue weighted by Crippen LogP contribution is 2.27. The molecule has 1 aromatic carbocycles. The Hall–Kier alpha value is -1.87. The number of aryl methyl sites for hydroxylation is 1. The molecule has 0 aliphatic heterocycles. The maximum absolute atomic E-state index is 6.04. The number of benzene rings is 1. The summed E-state index contributed by atoms with van der Waals surface area (Å²) in [5, 5.41) is 3.31. The lowest BCUT2D eigenvalue weighted by Gasteiger charge is -2.13. The molecule has 0 aliphatic carbocycles. The van der Waals surface area contributed by atoms with E-state index >= 15 is 0 Å². The van der Waals surface area contributed by atoms with E-state index in [0.717, 1.165) is 35.8 Å². The summed E-state index contributed by atoms with van der Waals surface area (Å²) in [6.45, 7) is 10.1. The zero-order chi connectivity index (χ0) is 15.2. The van der Waals surface area contributed by atoms with Gasteiger partial charge in [-0.05, 0) is 37.1 Å². The second-order valence-electron chi connectivity index (χ2n) is 5.54. The van der Waals surface area contributed by atoms with Crippen molar-refractivity contribution in [3.05, 3.63) is 53.3 Å². The van der Waals surface area contributed by atoms with Crippen LogP contribution in [0.15, 0.2) is 36.5 Å². The second-order valence-corrected chi connectivity index (χ2v) is 5.54. The van der Waals surface area contributed by atoms with Crippen LogP contribution >= 0.6 is 0 Å². The van der Waals surface area contributed by atoms with Gasteiger partial charge in [-0.3, -0.25) is 4.98 Å². The van der Waals surface area contributed by atoms with E-state index in [1.807, 2.05) is 31.3 Å². The third-order valence-electron chi connectivity index (χ3n) is 3.42. The van der Waals surface area contributed by atoms with Gasteiger partial charge in [-0.15, -0.1) is 0 Å². The van der Waals surface area contributed by atoms with Gasteiger partial charge in [-0.25, -0.2) is 0 Å². The van der Waals surface area contributed by atoms with E-state index in [-0.39, 0.29) is 0 Å². The summed E-state index contributed by atoms with van der Waals surface area (Å²) < 4.78 is 6.04. The number of rotatable bonds is 6. The highest BCUT2D eigenvalue weighted by atomic mass is 16.5. The van der Waals surface area contributed by atoms with Crippen molar-refractivity contribution in [1.29, 1.82) is 0 Å². The van der Waals surface area contributed by atoms with Gasteiger partial charge in [-0.2, -0.15) is 0 Å². The van der Waals surface area contributed by atoms with Crippen LogP contribution in [0.5, 0.6) is 11.5 Å². The molecule has 0 bridgehead atoms. The average molecular weight is 284 g/mol. The van der Waals surface area contributed by atoms with Gasteiger partial charge in [0.2, 0.25) is 0 Å². The van der Waals surface area contributed by atoms with Gasteiger partial charge in [0.1, 0.15) is 11.5 Å². The van der Waals surface area contributed by atoms with E-state index in [9.17, 15) is 0 Å². The number of hydrogen-bond donors (Lipinski definition) is 1. The van der Waals surface area contributed by atoms with Crippen molar-refractivity contribution in [2.24, 2.45) is 0 Å². The molecule has 0 unspecified atom stereocenters. The predicted molar refractivity (Wildman–Crippen MR) is 87.0 cm³/mol. The zero-order valence-electron chi connectivity index (χ0n) is 13.3. The summed E-state index contributed by atoms with van der Waals surface area (Å²) in [7, 11) is 0. The number of nitrogens with one attached hydrogen (secondary N) is 1. The number of aromatic nitrogens is 1. The SMILES string of the molecule is CCNCc1cnc(C)cc1Oc1ccc(C(C)C)cc1. The van der Waals surface area contributed by atoms with Crippen LogP contribution in [0.4, 0.5) is 0 Å². The van der Waals surface area contributed by atoms with Crippen LogP contribution in [-0.4, -0.2) is 11.5 Å². The van der Waals surface area contributed by atoms with E-state index in [1.165, 1.54) is 5.56 Å². The molecule has 0 saturated heterocycles. The van der Waals surface area contributed by atoms with Gasteiger partial charge in [0.15, 0.2) is 0 Å². The van der Waals surface area contributed by atoms with Gasteiger partial charge in [0, 0.05) is 30.1 Å². The fourth-order valence-corrected chi connectivity index (χ4v) is 2.10. The molecular formula is C18H24N2O. The molecule has 0 spiro atoms. The maximum Gasteiger partial charge on any atom is 0.135 e. The van der Waals surface area contributed by atoms with E-state index in [1.54, 1.807) is 0 Å². The van der Waals surface area contributed by atoms with Crippen LogP contribution < -0.4 is 10.1 Å². The third-order valence-corrected chi connectivity index (χ3v) is 3.42. The Morgan fingerprint density at radius 2 is 1.90 bits per heavy atom. The average Bonchev–Trinajstić information content (AvgIpc) is 2.47. The molecule has 1 aromatic heterocycles. The third kappa shape index (κ3) is 4.30. The minimum atomic E-state index is 0.534. The Kier molecular flexibility index (Phi) is 5.34. The first-order valence-electron chi connectivity index (χ1n) is 7.54. The molecule has 2 aromatic rings. The van der Waals surface area contributed by atoms with Crippen molar-refractivity contribution >= 4 is 0 Å². The van der Waals surface area contributed by atoms with Gasteiger partial charge in [-0.1, -0.05) is 32.9 Å². The van der Waals surface area contributed by atoms with Gasteiger partial charge < -0.3 is 10.1 Å². The monoisotopic (exact) mass is 284 g/mol. The van der Waals surface area contributed by atoms with Crippen LogP contribution in [0.25, 0.3) is 0 Å². The molecule has 21 heavy (non-hydrogen) atoms. The summed E-state index contributed by atoms with van der Waals surface area (Å²) in [4.78, 5) is 4.35. The molecule has 3 nitrogen and oxygen atoms in total. The first-order valence-corrected chi connectivity index (χ1v) is 7.54. The molecule has 1 heterocycles. The normalized spacial score (nSPS) is 10.9. The molecule has 0 fully saturated rings. The molecule has 112 valence electrons. The van der Waals surface area contributed by atoms with Gasteiger partial charge >= 0.3 is 0 Å². The van der Waals surface area contributed by atoms with Gasteiger partial charge in [0.25, 0.3) is 0 Å². The molecular weight excluding hydrogens is 260 g/mol. The van der Waals surface area contributed by atoms with Gasteiger partial charge in [0.05, 0.1) is 0 Å². The number of hydrogen-bond acceptors (Lipinski definition) is 3. The van der Waals surface area contributed by atoms with E-state index in [2.05, 4.69) is 43.2 Å². The first-order chi connectivity index (χ1) is 10.1. The lowest BCUT2D eigenvalue weighted by molar-refractivity contribution is 0.471. The standard InChI is InChI=1S/C18H24N2O/c1-5-19-11-16-12-20-14(4)10-18(16)21-17-8-6-15(7-9-17)13(2)3/h6-10,12-13,19H,5,11H2,1-4H3. The number of nitrogens with zero attached hydrogens (tertiary/aromatic N) is 1. The van der Waals surface area contributed by atoms with Crippen molar-refractivity contribution < 1.29 is 4.74 Å². The topological polar surface area (TPSA) is 34.2 Å². The molecule has 0 radical (unpaired) electrons. The van der Waals surface area contributed by atoms with Crippen LogP contribution in [-0.2, 0) is 6.54 Å². The molecule has 0 atom stereocenters. The molecule has 1 N–H and O–H groups in total. The smallest absolute Gasteiger partial charge is 0.135 e. The molecule has 0 amide bonds.